The summed E-state index contributed by atoms with van der Waals surface area (Å²) in [4.78, 5) is 74.9. The van der Waals surface area contributed by atoms with Gasteiger partial charge in [-0.2, -0.15) is 0 Å². The highest BCUT2D eigenvalue weighted by Crippen LogP contribution is 2.38. The molecule has 20 heteroatoms. The number of hydrogen-bond acceptors (Lipinski definition) is 16. The number of nitrogens with zero attached hydrogens (tertiary/aromatic N) is 4. The standard InChI is InChI=1S/C31H36N4O16/c1-46-24-8-16(28(38)32-12-18(22(36)14-32)30(40)48-3)20(34(42)43)10-26(24)50-6-5-7-51-27-11-21(35(44)45)17(9-25(27)47-2)29(39)33-13-19(23(37)15-33)31(41)49-4/h8-11,18-19,22-23,36-37H,5-7,12-15H2,1-4H3/t18-,19-,22-,23-/m0/s1. The highest BCUT2D eigenvalue weighted by atomic mass is 16.6. The molecule has 2 aliphatic heterocycles. The molecule has 20 nitrogen and oxygen atoms in total. The molecule has 2 fully saturated rings. The highest BCUT2D eigenvalue weighted by Gasteiger charge is 2.42. The molecule has 0 spiro atoms. The zero-order valence-corrected chi connectivity index (χ0v) is 28.0. The van der Waals surface area contributed by atoms with Gasteiger partial charge >= 0.3 is 11.9 Å². The largest absolute Gasteiger partial charge is 0.493 e. The molecule has 0 aromatic heterocycles. The van der Waals surface area contributed by atoms with E-state index in [1.54, 1.807) is 0 Å². The molecule has 276 valence electrons. The van der Waals surface area contributed by atoms with Crippen LogP contribution in [0.5, 0.6) is 23.0 Å². The number of hydrogen-bond donors (Lipinski definition) is 2. The van der Waals surface area contributed by atoms with E-state index in [-0.39, 0.29) is 79.9 Å². The number of rotatable bonds is 14. The van der Waals surface area contributed by atoms with Crippen LogP contribution in [-0.2, 0) is 19.1 Å². The van der Waals surface area contributed by atoms with Crippen LogP contribution in [0.1, 0.15) is 27.1 Å². The van der Waals surface area contributed by atoms with Gasteiger partial charge in [-0.15, -0.1) is 0 Å². The van der Waals surface area contributed by atoms with Gasteiger partial charge in [0.2, 0.25) is 0 Å². The Kier molecular flexibility index (Phi) is 12.2. The Hall–Kier alpha value is -5.76. The number of esters is 2. The number of carbonyl (C=O) groups is 4. The Morgan fingerprint density at radius 3 is 1.35 bits per heavy atom. The molecule has 0 unspecified atom stereocenters. The summed E-state index contributed by atoms with van der Waals surface area (Å²) in [5.74, 6) is -5.29. The molecule has 4 atom stereocenters. The lowest BCUT2D eigenvalue weighted by molar-refractivity contribution is -0.385. The van der Waals surface area contributed by atoms with Crippen molar-refractivity contribution in [3.05, 3.63) is 55.6 Å². The molecule has 2 amide bonds. The fraction of sp³-hybridized carbons (Fsp3) is 0.484. The van der Waals surface area contributed by atoms with E-state index in [9.17, 15) is 49.6 Å². The van der Waals surface area contributed by atoms with E-state index in [1.807, 2.05) is 0 Å². The lowest BCUT2D eigenvalue weighted by Crippen LogP contribution is -2.30. The molecule has 2 aliphatic rings. The average molecular weight is 721 g/mol. The maximum atomic E-state index is 13.2. The summed E-state index contributed by atoms with van der Waals surface area (Å²) in [6.07, 6.45) is -2.30. The molecule has 0 saturated carbocycles. The van der Waals surface area contributed by atoms with Gasteiger partial charge in [-0.3, -0.25) is 39.4 Å². The molecular formula is C31H36N4O16. The normalized spacial score (nSPS) is 19.6. The van der Waals surface area contributed by atoms with Gasteiger partial charge in [0, 0.05) is 44.7 Å². The average Bonchev–Trinajstić information content (AvgIpc) is 3.71. The summed E-state index contributed by atoms with van der Waals surface area (Å²) in [6.45, 7) is -1.11. The summed E-state index contributed by atoms with van der Waals surface area (Å²) in [5.41, 5.74) is -1.94. The van der Waals surface area contributed by atoms with E-state index < -0.39 is 69.0 Å². The Bertz CT molecular complexity index is 1580. The van der Waals surface area contributed by atoms with Gasteiger partial charge in [0.05, 0.1) is 75.8 Å². The summed E-state index contributed by atoms with van der Waals surface area (Å²) < 4.78 is 31.3. The van der Waals surface area contributed by atoms with Crippen LogP contribution >= 0.6 is 0 Å². The van der Waals surface area contributed by atoms with Gasteiger partial charge in [-0.05, 0) is 0 Å². The van der Waals surface area contributed by atoms with Crippen molar-refractivity contribution < 1.29 is 67.7 Å². The molecule has 2 saturated heterocycles. The predicted octanol–water partition coefficient (Wildman–Crippen LogP) is 0.580. The maximum absolute atomic E-state index is 13.2. The molecular weight excluding hydrogens is 684 g/mol. The van der Waals surface area contributed by atoms with Crippen molar-refractivity contribution in [2.24, 2.45) is 11.8 Å². The fourth-order valence-electron chi connectivity index (χ4n) is 5.72. The topological polar surface area (TPSA) is 257 Å². The van der Waals surface area contributed by atoms with Crippen LogP contribution in [0.3, 0.4) is 0 Å². The maximum Gasteiger partial charge on any atom is 0.313 e. The van der Waals surface area contributed by atoms with Gasteiger partial charge in [0.25, 0.3) is 23.2 Å². The molecule has 2 heterocycles. The monoisotopic (exact) mass is 720 g/mol. The summed E-state index contributed by atoms with van der Waals surface area (Å²) >= 11 is 0. The molecule has 4 rings (SSSR count). The SMILES string of the molecule is COC(=O)[C@H]1CN(C(=O)c2cc(OC)c(OCCCOc3cc([N+](=O)[O-])c(C(=O)N4C[C@H](C(=O)OC)[C@@H](O)C4)cc3OC)cc2[N+](=O)[O-])C[C@@H]1O. The zero-order valence-electron chi connectivity index (χ0n) is 28.0. The minimum atomic E-state index is -1.22. The van der Waals surface area contributed by atoms with Gasteiger partial charge in [0.15, 0.2) is 23.0 Å². The number of aliphatic hydroxyl groups is 2. The minimum Gasteiger partial charge on any atom is -0.493 e. The Labute approximate surface area is 289 Å². The van der Waals surface area contributed by atoms with Crippen LogP contribution in [0.4, 0.5) is 11.4 Å². The fourth-order valence-corrected chi connectivity index (χ4v) is 5.72. The van der Waals surface area contributed by atoms with Crippen LogP contribution < -0.4 is 18.9 Å². The molecule has 0 bridgehead atoms. The molecule has 0 radical (unpaired) electrons. The number of benzene rings is 2. The smallest absolute Gasteiger partial charge is 0.313 e. The molecule has 2 aromatic rings. The van der Waals surface area contributed by atoms with E-state index >= 15 is 0 Å². The van der Waals surface area contributed by atoms with Crippen molar-refractivity contribution in [3.63, 3.8) is 0 Å². The van der Waals surface area contributed by atoms with Crippen molar-refractivity contribution in [1.82, 2.24) is 9.80 Å². The van der Waals surface area contributed by atoms with Crippen LogP contribution in [0, 0.1) is 32.1 Å². The first-order valence-electron chi connectivity index (χ1n) is 15.3. The summed E-state index contributed by atoms with van der Waals surface area (Å²) in [6, 6.07) is 4.25. The molecule has 0 aliphatic carbocycles. The van der Waals surface area contributed by atoms with Gasteiger partial charge in [-0.25, -0.2) is 0 Å². The number of β-amino-alcohol motifs (C(OH)–C–C–N with tert-alkyl or cyclic N) is 2. The molecule has 2 N–H and O–H groups in total. The summed E-state index contributed by atoms with van der Waals surface area (Å²) in [5, 5.41) is 44.3. The first-order chi connectivity index (χ1) is 24.3. The molecule has 51 heavy (non-hydrogen) atoms. The van der Waals surface area contributed by atoms with Crippen molar-refractivity contribution in [1.29, 1.82) is 0 Å². The summed E-state index contributed by atoms with van der Waals surface area (Å²) in [7, 11) is 4.79. The van der Waals surface area contributed by atoms with Crippen molar-refractivity contribution in [2.75, 3.05) is 67.8 Å². The second kappa shape index (κ2) is 16.3. The number of ether oxygens (including phenoxy) is 6. The van der Waals surface area contributed by atoms with Gasteiger partial charge in [-0.1, -0.05) is 0 Å². The van der Waals surface area contributed by atoms with Crippen molar-refractivity contribution in [2.45, 2.75) is 18.6 Å². The van der Waals surface area contributed by atoms with E-state index in [0.29, 0.717) is 0 Å². The Morgan fingerprint density at radius 2 is 1.04 bits per heavy atom. The molecule has 2 aromatic carbocycles. The third-order valence-corrected chi connectivity index (χ3v) is 8.38. The second-order valence-corrected chi connectivity index (χ2v) is 11.4. The van der Waals surface area contributed by atoms with Crippen molar-refractivity contribution >= 4 is 35.1 Å². The second-order valence-electron chi connectivity index (χ2n) is 11.4. The first-order valence-corrected chi connectivity index (χ1v) is 15.3. The van der Waals surface area contributed by atoms with E-state index in [1.165, 1.54) is 14.2 Å². The van der Waals surface area contributed by atoms with Crippen molar-refractivity contribution in [3.8, 4) is 23.0 Å². The number of methoxy groups -OCH3 is 4. The minimum absolute atomic E-state index is 0.0184. The number of aliphatic hydroxyl groups excluding tert-OH is 2. The van der Waals surface area contributed by atoms with Crippen LogP contribution in [0.25, 0.3) is 0 Å². The first kappa shape index (κ1) is 38.0. The van der Waals surface area contributed by atoms with Crippen LogP contribution in [0.2, 0.25) is 0 Å². The predicted molar refractivity (Wildman–Crippen MR) is 170 cm³/mol. The lowest BCUT2D eigenvalue weighted by atomic mass is 10.1. The number of likely N-dealkylation sites (tertiary alicyclic amines) is 2. The number of nitro benzene ring substituents is 2. The number of amides is 2. The van der Waals surface area contributed by atoms with E-state index in [2.05, 4.69) is 9.47 Å². The lowest BCUT2D eigenvalue weighted by Gasteiger charge is -2.18. The number of nitro groups is 2. The zero-order chi connectivity index (χ0) is 37.6. The van der Waals surface area contributed by atoms with E-state index in [0.717, 1.165) is 48.3 Å². The van der Waals surface area contributed by atoms with Crippen LogP contribution in [-0.4, -0.2) is 134 Å². The highest BCUT2D eigenvalue weighted by molar-refractivity contribution is 6.00. The third-order valence-electron chi connectivity index (χ3n) is 8.38. The Morgan fingerprint density at radius 1 is 0.667 bits per heavy atom. The van der Waals surface area contributed by atoms with Gasteiger partial charge < -0.3 is 48.4 Å². The quantitative estimate of drug-likeness (QED) is 0.117. The van der Waals surface area contributed by atoms with E-state index in [4.69, 9.17) is 18.9 Å². The Balaban J connectivity index is 1.44. The number of carbonyl (C=O) groups excluding carboxylic acids is 4. The van der Waals surface area contributed by atoms with Crippen LogP contribution in [0.15, 0.2) is 24.3 Å². The third kappa shape index (κ3) is 8.18. The van der Waals surface area contributed by atoms with Gasteiger partial charge in [0.1, 0.15) is 23.0 Å².